The minimum Gasteiger partial charge on any atom is -0.348 e. The normalized spacial score (nSPS) is 10.2. The molecular weight excluding hydrogens is 290 g/mol. The lowest BCUT2D eigenvalue weighted by atomic mass is 10.1. The number of carbonyl (C=O) groups is 2. The first-order valence-electron chi connectivity index (χ1n) is 7.72. The maximum atomic E-state index is 12.2. The molecule has 5 heteroatoms. The number of rotatable bonds is 6. The lowest BCUT2D eigenvalue weighted by molar-refractivity contribution is 0.0772. The molecule has 1 heterocycles. The van der Waals surface area contributed by atoms with E-state index in [4.69, 9.17) is 0 Å². The van der Waals surface area contributed by atoms with Crippen LogP contribution < -0.4 is 5.32 Å². The zero-order valence-electron chi connectivity index (χ0n) is 13.5. The van der Waals surface area contributed by atoms with E-state index in [1.54, 1.807) is 41.6 Å². The van der Waals surface area contributed by atoms with Crippen LogP contribution in [0, 0.1) is 0 Å². The van der Waals surface area contributed by atoms with Crippen molar-refractivity contribution in [2.24, 2.45) is 0 Å². The Hall–Kier alpha value is -2.69. The number of amides is 2. The summed E-state index contributed by atoms with van der Waals surface area (Å²) in [5.41, 5.74) is 2.12. The van der Waals surface area contributed by atoms with Gasteiger partial charge < -0.3 is 10.2 Å². The predicted octanol–water partition coefficient (Wildman–Crippen LogP) is 2.49. The molecule has 0 atom stereocenters. The van der Waals surface area contributed by atoms with E-state index < -0.39 is 0 Å². The van der Waals surface area contributed by atoms with Gasteiger partial charge >= 0.3 is 0 Å². The van der Waals surface area contributed by atoms with Crippen LogP contribution in [0.15, 0.2) is 48.8 Å². The van der Waals surface area contributed by atoms with Gasteiger partial charge in [0.25, 0.3) is 11.8 Å². The van der Waals surface area contributed by atoms with Gasteiger partial charge in [0, 0.05) is 43.2 Å². The van der Waals surface area contributed by atoms with Crippen molar-refractivity contribution in [1.29, 1.82) is 0 Å². The molecule has 0 saturated carbocycles. The topological polar surface area (TPSA) is 62.3 Å². The molecule has 0 radical (unpaired) electrons. The molecule has 0 aliphatic carbocycles. The Morgan fingerprint density at radius 1 is 0.957 bits per heavy atom. The van der Waals surface area contributed by atoms with Crippen molar-refractivity contribution in [2.45, 2.75) is 20.4 Å². The zero-order valence-corrected chi connectivity index (χ0v) is 13.5. The first-order valence-corrected chi connectivity index (χ1v) is 7.72. The van der Waals surface area contributed by atoms with Crippen LogP contribution in [0.1, 0.15) is 40.1 Å². The Balaban J connectivity index is 1.98. The highest BCUT2D eigenvalue weighted by atomic mass is 16.2. The molecule has 0 aliphatic rings. The Bertz CT molecular complexity index is 650. The van der Waals surface area contributed by atoms with Crippen LogP contribution in [0.2, 0.25) is 0 Å². The third-order valence-corrected chi connectivity index (χ3v) is 3.65. The van der Waals surface area contributed by atoms with Crippen molar-refractivity contribution in [3.8, 4) is 0 Å². The van der Waals surface area contributed by atoms with Crippen LogP contribution in [0.25, 0.3) is 0 Å². The summed E-state index contributed by atoms with van der Waals surface area (Å²) in [6.45, 7) is 5.68. The van der Waals surface area contributed by atoms with Gasteiger partial charge in [0.05, 0.1) is 0 Å². The van der Waals surface area contributed by atoms with Crippen LogP contribution in [-0.2, 0) is 6.54 Å². The molecule has 0 unspecified atom stereocenters. The molecule has 0 aliphatic heterocycles. The Morgan fingerprint density at radius 2 is 1.52 bits per heavy atom. The van der Waals surface area contributed by atoms with Gasteiger partial charge in [-0.2, -0.15) is 0 Å². The second-order valence-electron chi connectivity index (χ2n) is 5.09. The van der Waals surface area contributed by atoms with Crippen LogP contribution in [0.3, 0.4) is 0 Å². The molecule has 0 saturated heterocycles. The van der Waals surface area contributed by atoms with E-state index in [-0.39, 0.29) is 11.8 Å². The summed E-state index contributed by atoms with van der Waals surface area (Å²) in [6, 6.07) is 10.5. The summed E-state index contributed by atoms with van der Waals surface area (Å²) >= 11 is 0. The first-order chi connectivity index (χ1) is 11.2. The van der Waals surface area contributed by atoms with E-state index in [0.29, 0.717) is 30.8 Å². The largest absolute Gasteiger partial charge is 0.348 e. The average Bonchev–Trinajstić information content (AvgIpc) is 2.61. The van der Waals surface area contributed by atoms with E-state index >= 15 is 0 Å². The van der Waals surface area contributed by atoms with Crippen molar-refractivity contribution in [3.63, 3.8) is 0 Å². The first kappa shape index (κ1) is 16.7. The lowest BCUT2D eigenvalue weighted by Crippen LogP contribution is -2.30. The molecule has 0 bridgehead atoms. The number of carbonyl (C=O) groups excluding carboxylic acids is 2. The molecule has 120 valence electrons. The van der Waals surface area contributed by atoms with Gasteiger partial charge in [-0.1, -0.05) is 0 Å². The third-order valence-electron chi connectivity index (χ3n) is 3.65. The molecule has 2 rings (SSSR count). The van der Waals surface area contributed by atoms with Gasteiger partial charge in [-0.05, 0) is 55.8 Å². The fourth-order valence-corrected chi connectivity index (χ4v) is 2.24. The van der Waals surface area contributed by atoms with Crippen molar-refractivity contribution >= 4 is 11.8 Å². The molecule has 23 heavy (non-hydrogen) atoms. The number of hydrogen-bond acceptors (Lipinski definition) is 3. The Labute approximate surface area is 136 Å². The van der Waals surface area contributed by atoms with E-state index in [1.165, 1.54) is 0 Å². The molecule has 1 aromatic heterocycles. The fraction of sp³-hybridized carbons (Fsp3) is 0.278. The van der Waals surface area contributed by atoms with Crippen LogP contribution in [0.4, 0.5) is 0 Å². The quantitative estimate of drug-likeness (QED) is 0.891. The number of nitrogens with one attached hydrogen (secondary N) is 1. The predicted molar refractivity (Wildman–Crippen MR) is 89.1 cm³/mol. The van der Waals surface area contributed by atoms with Gasteiger partial charge in [-0.15, -0.1) is 0 Å². The highest BCUT2D eigenvalue weighted by Crippen LogP contribution is 2.08. The summed E-state index contributed by atoms with van der Waals surface area (Å²) in [6.07, 6.45) is 3.38. The summed E-state index contributed by atoms with van der Waals surface area (Å²) in [4.78, 5) is 30.0. The maximum absolute atomic E-state index is 12.2. The second-order valence-corrected chi connectivity index (χ2v) is 5.09. The van der Waals surface area contributed by atoms with E-state index in [2.05, 4.69) is 10.3 Å². The highest BCUT2D eigenvalue weighted by molar-refractivity contribution is 5.97. The summed E-state index contributed by atoms with van der Waals surface area (Å²) in [7, 11) is 0. The van der Waals surface area contributed by atoms with Gasteiger partial charge in [-0.25, -0.2) is 0 Å². The van der Waals surface area contributed by atoms with Gasteiger partial charge in [0.1, 0.15) is 0 Å². The zero-order chi connectivity index (χ0) is 16.7. The standard InChI is InChI=1S/C18H21N3O2/c1-3-21(4-2)18(23)16-7-5-15(6-8-16)17(22)20-13-14-9-11-19-12-10-14/h5-12H,3-4,13H2,1-2H3,(H,20,22). The number of pyridine rings is 1. The number of benzene rings is 1. The van der Waals surface area contributed by atoms with E-state index in [0.717, 1.165) is 5.56 Å². The van der Waals surface area contributed by atoms with Crippen LogP contribution >= 0.6 is 0 Å². The number of hydrogen-bond donors (Lipinski definition) is 1. The molecule has 2 aromatic rings. The van der Waals surface area contributed by atoms with Gasteiger partial charge in [-0.3, -0.25) is 14.6 Å². The van der Waals surface area contributed by atoms with Crippen molar-refractivity contribution in [3.05, 3.63) is 65.5 Å². The molecule has 0 fully saturated rings. The van der Waals surface area contributed by atoms with Crippen molar-refractivity contribution in [2.75, 3.05) is 13.1 Å². The SMILES string of the molecule is CCN(CC)C(=O)c1ccc(C(=O)NCc2ccncc2)cc1. The summed E-state index contributed by atoms with van der Waals surface area (Å²) in [5, 5.41) is 2.85. The molecule has 5 nitrogen and oxygen atoms in total. The van der Waals surface area contributed by atoms with Crippen molar-refractivity contribution < 1.29 is 9.59 Å². The fourth-order valence-electron chi connectivity index (χ4n) is 2.24. The minimum atomic E-state index is -0.163. The second kappa shape index (κ2) is 8.08. The van der Waals surface area contributed by atoms with Gasteiger partial charge in [0.2, 0.25) is 0 Å². The molecular formula is C18H21N3O2. The van der Waals surface area contributed by atoms with Crippen LogP contribution in [-0.4, -0.2) is 34.8 Å². The van der Waals surface area contributed by atoms with Crippen molar-refractivity contribution in [1.82, 2.24) is 15.2 Å². The maximum Gasteiger partial charge on any atom is 0.253 e. The Morgan fingerprint density at radius 3 is 2.09 bits per heavy atom. The lowest BCUT2D eigenvalue weighted by Gasteiger charge is -2.18. The number of aromatic nitrogens is 1. The molecule has 1 aromatic carbocycles. The third kappa shape index (κ3) is 4.39. The molecule has 0 spiro atoms. The minimum absolute atomic E-state index is 0.0151. The average molecular weight is 311 g/mol. The van der Waals surface area contributed by atoms with Gasteiger partial charge in [0.15, 0.2) is 0 Å². The summed E-state index contributed by atoms with van der Waals surface area (Å²) < 4.78 is 0. The highest BCUT2D eigenvalue weighted by Gasteiger charge is 2.13. The van der Waals surface area contributed by atoms with E-state index in [1.807, 2.05) is 26.0 Å². The van der Waals surface area contributed by atoms with Crippen LogP contribution in [0.5, 0.6) is 0 Å². The number of nitrogens with zero attached hydrogens (tertiary/aromatic N) is 2. The monoisotopic (exact) mass is 311 g/mol. The molecule has 2 amide bonds. The van der Waals surface area contributed by atoms with E-state index in [9.17, 15) is 9.59 Å². The molecule has 1 N–H and O–H groups in total. The Kier molecular flexibility index (Phi) is 5.86. The smallest absolute Gasteiger partial charge is 0.253 e. The summed E-state index contributed by atoms with van der Waals surface area (Å²) in [5.74, 6) is -0.178.